The first-order chi connectivity index (χ1) is 12.5. The zero-order valence-electron chi connectivity index (χ0n) is 17.4. The van der Waals surface area contributed by atoms with Crippen molar-refractivity contribution in [3.05, 3.63) is 0 Å². The summed E-state index contributed by atoms with van der Waals surface area (Å²) >= 11 is 0. The van der Waals surface area contributed by atoms with E-state index in [0.29, 0.717) is 6.42 Å². The number of rotatable bonds is 18. The molecule has 3 N–H and O–H groups in total. The molecule has 0 fully saturated rings. The summed E-state index contributed by atoms with van der Waals surface area (Å²) in [7, 11) is -4.24. The fourth-order valence-corrected chi connectivity index (χ4v) is 2.99. The number of nitrogens with two attached hydrogens (primary N) is 1. The normalized spacial score (nSPS) is 11.2. The highest BCUT2D eigenvalue weighted by molar-refractivity contribution is 7.80. The maximum atomic E-state index is 10.3. The van der Waals surface area contributed by atoms with Crippen molar-refractivity contribution in [1.29, 1.82) is 0 Å². The van der Waals surface area contributed by atoms with Crippen LogP contribution in [-0.4, -0.2) is 26.1 Å². The second-order valence-electron chi connectivity index (χ2n) is 6.99. The summed E-state index contributed by atoms with van der Waals surface area (Å²) in [5.74, 6) is 0. The van der Waals surface area contributed by atoms with Crippen molar-refractivity contribution < 1.29 is 17.2 Å². The van der Waals surface area contributed by atoms with Crippen LogP contribution in [0.1, 0.15) is 117 Å². The van der Waals surface area contributed by atoms with Crippen LogP contribution in [0, 0.1) is 0 Å². The van der Waals surface area contributed by atoms with Crippen LogP contribution in [0.4, 0.5) is 0 Å². The monoisotopic (exact) mass is 395 g/mol. The first-order valence-corrected chi connectivity index (χ1v) is 12.2. The van der Waals surface area contributed by atoms with Gasteiger partial charge in [0.1, 0.15) is 0 Å². The highest BCUT2D eigenvalue weighted by atomic mass is 32.3. The fraction of sp³-hybridized carbons (Fsp3) is 1.00. The lowest BCUT2D eigenvalue weighted by molar-refractivity contribution is 0.261. The Morgan fingerprint density at radius 3 is 1.27 bits per heavy atom. The van der Waals surface area contributed by atoms with Gasteiger partial charge in [0.2, 0.25) is 0 Å². The predicted molar refractivity (Wildman–Crippen MR) is 112 cm³/mol. The molecular formula is C20H45NO4S. The van der Waals surface area contributed by atoms with Gasteiger partial charge in [0, 0.05) is 0 Å². The first-order valence-electron chi connectivity index (χ1n) is 10.8. The molecule has 160 valence electrons. The van der Waals surface area contributed by atoms with E-state index in [1.165, 1.54) is 83.5 Å². The van der Waals surface area contributed by atoms with Gasteiger partial charge in [-0.1, -0.05) is 104 Å². The first kappa shape index (κ1) is 28.0. The maximum Gasteiger partial charge on any atom is 0.397 e. The summed E-state index contributed by atoms with van der Waals surface area (Å²) in [4.78, 5) is 0. The van der Waals surface area contributed by atoms with E-state index < -0.39 is 10.4 Å². The molecule has 0 saturated heterocycles. The molecule has 0 atom stereocenters. The van der Waals surface area contributed by atoms with Crippen LogP contribution >= 0.6 is 0 Å². The molecule has 0 aromatic carbocycles. The van der Waals surface area contributed by atoms with Crippen molar-refractivity contribution in [3.63, 3.8) is 0 Å². The Kier molecular flexibility index (Phi) is 24.7. The average Bonchev–Trinajstić information content (AvgIpc) is 2.58. The lowest BCUT2D eigenvalue weighted by Crippen LogP contribution is -2.04. The third kappa shape index (κ3) is 31.6. The minimum absolute atomic E-state index is 0.0941. The molecule has 26 heavy (non-hydrogen) atoms. The second kappa shape index (κ2) is 22.9. The van der Waals surface area contributed by atoms with Gasteiger partial charge in [-0.3, -0.25) is 4.55 Å². The third-order valence-corrected chi connectivity index (χ3v) is 4.75. The third-order valence-electron chi connectivity index (χ3n) is 4.29. The summed E-state index contributed by atoms with van der Waals surface area (Å²) in [6.07, 6.45) is 20.0. The SMILES string of the molecule is CCCCCCCCCCCCCCCCOS(=O)(=O)O.CCCCN. The van der Waals surface area contributed by atoms with E-state index in [9.17, 15) is 8.42 Å². The maximum absolute atomic E-state index is 10.3. The van der Waals surface area contributed by atoms with Crippen LogP contribution < -0.4 is 5.73 Å². The van der Waals surface area contributed by atoms with Crippen molar-refractivity contribution in [2.75, 3.05) is 13.2 Å². The van der Waals surface area contributed by atoms with Gasteiger partial charge >= 0.3 is 10.4 Å². The van der Waals surface area contributed by atoms with Crippen LogP contribution in [-0.2, 0) is 14.6 Å². The molecule has 0 radical (unpaired) electrons. The van der Waals surface area contributed by atoms with E-state index >= 15 is 0 Å². The standard InChI is InChI=1S/C16H34O4S.C4H11N/c1-2-3-4-5-6-7-8-9-10-11-12-13-14-15-16-20-21(17,18)19;1-2-3-4-5/h2-16H2,1H3,(H,17,18,19);2-5H2,1H3. The Morgan fingerprint density at radius 2 is 1.00 bits per heavy atom. The topological polar surface area (TPSA) is 89.6 Å². The summed E-state index contributed by atoms with van der Waals surface area (Å²) in [5, 5.41) is 0. The van der Waals surface area contributed by atoms with E-state index in [-0.39, 0.29) is 6.61 Å². The van der Waals surface area contributed by atoms with Gasteiger partial charge in [-0.2, -0.15) is 8.42 Å². The van der Waals surface area contributed by atoms with Crippen LogP contribution in [0.3, 0.4) is 0 Å². The minimum Gasteiger partial charge on any atom is -0.330 e. The van der Waals surface area contributed by atoms with Gasteiger partial charge in [-0.05, 0) is 19.4 Å². The Labute approximate surface area is 163 Å². The quantitative estimate of drug-likeness (QED) is 0.218. The zero-order chi connectivity index (χ0) is 19.9. The molecule has 0 aliphatic rings. The predicted octanol–water partition coefficient (Wildman–Crippen LogP) is 6.03. The van der Waals surface area contributed by atoms with E-state index in [4.69, 9.17) is 10.3 Å². The van der Waals surface area contributed by atoms with Gasteiger partial charge in [0.15, 0.2) is 0 Å². The van der Waals surface area contributed by atoms with Crippen LogP contribution in [0.2, 0.25) is 0 Å². The molecule has 0 amide bonds. The molecule has 0 aliphatic carbocycles. The molecule has 6 heteroatoms. The highest BCUT2D eigenvalue weighted by Crippen LogP contribution is 2.12. The summed E-state index contributed by atoms with van der Waals surface area (Å²) in [5.41, 5.74) is 5.14. The second-order valence-corrected chi connectivity index (χ2v) is 8.08. The molecule has 0 unspecified atom stereocenters. The van der Waals surface area contributed by atoms with Crippen LogP contribution in [0.15, 0.2) is 0 Å². The van der Waals surface area contributed by atoms with Gasteiger partial charge in [-0.15, -0.1) is 0 Å². The van der Waals surface area contributed by atoms with E-state index in [0.717, 1.165) is 19.4 Å². The van der Waals surface area contributed by atoms with Gasteiger partial charge in [-0.25, -0.2) is 4.18 Å². The Morgan fingerprint density at radius 1 is 0.654 bits per heavy atom. The molecule has 0 saturated carbocycles. The molecule has 5 nitrogen and oxygen atoms in total. The van der Waals surface area contributed by atoms with Gasteiger partial charge in [0.05, 0.1) is 6.61 Å². The molecule has 0 heterocycles. The summed E-state index contributed by atoms with van der Waals surface area (Å²) in [6, 6.07) is 0. The highest BCUT2D eigenvalue weighted by Gasteiger charge is 2.02. The molecule has 0 aromatic heterocycles. The van der Waals surface area contributed by atoms with E-state index in [2.05, 4.69) is 18.0 Å². The number of unbranched alkanes of at least 4 members (excludes halogenated alkanes) is 14. The molecule has 0 rings (SSSR count). The zero-order valence-corrected chi connectivity index (χ0v) is 18.2. The van der Waals surface area contributed by atoms with Crippen molar-refractivity contribution >= 4 is 10.4 Å². The fourth-order valence-electron chi connectivity index (χ4n) is 2.66. The summed E-state index contributed by atoms with van der Waals surface area (Å²) in [6.45, 7) is 5.32. The Bertz CT molecular complexity index is 346. The van der Waals surface area contributed by atoms with Crippen molar-refractivity contribution in [3.8, 4) is 0 Å². The van der Waals surface area contributed by atoms with E-state index in [1.807, 2.05) is 0 Å². The average molecular weight is 396 g/mol. The lowest BCUT2D eigenvalue weighted by Gasteiger charge is -2.03. The van der Waals surface area contributed by atoms with Crippen LogP contribution in [0.5, 0.6) is 0 Å². The molecule has 0 aromatic rings. The molecule has 0 spiro atoms. The van der Waals surface area contributed by atoms with E-state index in [1.54, 1.807) is 0 Å². The Balaban J connectivity index is 0. The Hall–Kier alpha value is -0.170. The minimum atomic E-state index is -4.24. The van der Waals surface area contributed by atoms with Gasteiger partial charge < -0.3 is 5.73 Å². The van der Waals surface area contributed by atoms with Crippen molar-refractivity contribution in [2.45, 2.75) is 117 Å². The van der Waals surface area contributed by atoms with Crippen molar-refractivity contribution in [2.24, 2.45) is 5.73 Å². The molecule has 0 bridgehead atoms. The lowest BCUT2D eigenvalue weighted by atomic mass is 10.0. The number of hydrogen-bond donors (Lipinski definition) is 2. The summed E-state index contributed by atoms with van der Waals surface area (Å²) < 4.78 is 33.2. The van der Waals surface area contributed by atoms with Crippen LogP contribution in [0.25, 0.3) is 0 Å². The largest absolute Gasteiger partial charge is 0.397 e. The molecule has 0 aliphatic heterocycles. The van der Waals surface area contributed by atoms with Gasteiger partial charge in [0.25, 0.3) is 0 Å². The van der Waals surface area contributed by atoms with Crippen molar-refractivity contribution in [1.82, 2.24) is 0 Å². The smallest absolute Gasteiger partial charge is 0.330 e. The number of hydrogen-bond acceptors (Lipinski definition) is 4. The molecular weight excluding hydrogens is 350 g/mol.